The molecule has 1 aliphatic rings. The van der Waals surface area contributed by atoms with Crippen LogP contribution < -0.4 is 14.9 Å². The van der Waals surface area contributed by atoms with Crippen LogP contribution in [0.1, 0.15) is 21.6 Å². The fraction of sp³-hybridized carbons (Fsp3) is 0.121. The molecule has 0 radical (unpaired) electrons. The van der Waals surface area contributed by atoms with Crippen LogP contribution in [0.5, 0.6) is 17.2 Å². The van der Waals surface area contributed by atoms with Gasteiger partial charge in [0, 0.05) is 42.7 Å². The normalized spacial score (nSPS) is 12.4. The number of carbonyl (C=O) groups is 1. The predicted molar refractivity (Wildman–Crippen MR) is 158 cm³/mol. The molecule has 214 valence electrons. The van der Waals surface area contributed by atoms with Crippen LogP contribution in [0.4, 0.5) is 8.78 Å². The predicted octanol–water partition coefficient (Wildman–Crippen LogP) is 6.09. The molecule has 0 bridgehead atoms. The Labute approximate surface area is 244 Å². The molecule has 5 aromatic rings. The third-order valence-electron chi connectivity index (χ3n) is 6.99. The van der Waals surface area contributed by atoms with E-state index < -0.39 is 22.8 Å². The molecule has 0 spiro atoms. The smallest absolute Gasteiger partial charge is 0.200 e. The molecular weight excluding hydrogens is 554 g/mol. The number of ether oxygens (including phenoxy) is 2. The summed E-state index contributed by atoms with van der Waals surface area (Å²) in [5.41, 5.74) is 2.01. The van der Waals surface area contributed by atoms with Crippen molar-refractivity contribution in [2.24, 2.45) is 4.99 Å². The van der Waals surface area contributed by atoms with Gasteiger partial charge in [0.25, 0.3) is 0 Å². The molecule has 0 atom stereocenters. The van der Waals surface area contributed by atoms with Crippen molar-refractivity contribution >= 4 is 22.7 Å². The van der Waals surface area contributed by atoms with Gasteiger partial charge in [-0.05, 0) is 48.4 Å². The van der Waals surface area contributed by atoms with Crippen molar-refractivity contribution in [1.82, 2.24) is 14.5 Å². The minimum Gasteiger partial charge on any atom is -0.495 e. The van der Waals surface area contributed by atoms with Crippen molar-refractivity contribution in [2.75, 3.05) is 13.7 Å². The maximum atomic E-state index is 15.2. The fourth-order valence-corrected chi connectivity index (χ4v) is 4.81. The Morgan fingerprint density at radius 2 is 1.81 bits per heavy atom. The van der Waals surface area contributed by atoms with Gasteiger partial charge in [-0.3, -0.25) is 19.6 Å². The maximum absolute atomic E-state index is 15.2. The number of nitrogens with zero attached hydrogens (tertiary/aromatic N) is 4. The van der Waals surface area contributed by atoms with Gasteiger partial charge in [0.2, 0.25) is 0 Å². The highest BCUT2D eigenvalue weighted by Gasteiger charge is 2.20. The summed E-state index contributed by atoms with van der Waals surface area (Å²) in [6.07, 6.45) is 7.92. The molecule has 0 unspecified atom stereocenters. The van der Waals surface area contributed by atoms with Crippen molar-refractivity contribution in [3.05, 3.63) is 124 Å². The topological polar surface area (TPSA) is 95.7 Å². The van der Waals surface area contributed by atoms with Gasteiger partial charge in [-0.2, -0.15) is 0 Å². The molecule has 3 aromatic heterocycles. The molecule has 43 heavy (non-hydrogen) atoms. The van der Waals surface area contributed by atoms with E-state index in [-0.39, 0.29) is 23.3 Å². The molecule has 0 saturated heterocycles. The number of halogens is 2. The average Bonchev–Trinajstić information content (AvgIpc) is 3.54. The number of Topliss-reactive ketones (excluding diaryl/α,β-unsaturated/α-hetero) is 1. The van der Waals surface area contributed by atoms with E-state index in [0.29, 0.717) is 51.7 Å². The highest BCUT2D eigenvalue weighted by atomic mass is 19.1. The van der Waals surface area contributed by atoms with E-state index in [9.17, 15) is 14.0 Å². The molecule has 10 heteroatoms. The maximum Gasteiger partial charge on any atom is 0.200 e. The first kappa shape index (κ1) is 27.6. The Kier molecular flexibility index (Phi) is 7.33. The van der Waals surface area contributed by atoms with Gasteiger partial charge >= 0.3 is 0 Å². The first-order valence-electron chi connectivity index (χ1n) is 13.3. The molecule has 0 saturated carbocycles. The molecule has 8 nitrogen and oxygen atoms in total. The highest BCUT2D eigenvalue weighted by Crippen LogP contribution is 2.32. The zero-order valence-corrected chi connectivity index (χ0v) is 23.2. The van der Waals surface area contributed by atoms with E-state index in [1.807, 2.05) is 6.08 Å². The molecule has 4 heterocycles. The van der Waals surface area contributed by atoms with Gasteiger partial charge in [0.15, 0.2) is 28.5 Å². The van der Waals surface area contributed by atoms with Crippen LogP contribution in [-0.2, 0) is 6.42 Å². The number of pyridine rings is 3. The number of allylic oxidation sites excluding steroid dienone is 1. The third kappa shape index (κ3) is 5.54. The number of carbonyl (C=O) groups excluding carboxylic acids is 1. The van der Waals surface area contributed by atoms with Crippen LogP contribution >= 0.6 is 0 Å². The van der Waals surface area contributed by atoms with Crippen LogP contribution in [0.2, 0.25) is 0 Å². The second-order valence-electron chi connectivity index (χ2n) is 9.85. The Bertz CT molecular complexity index is 2020. The van der Waals surface area contributed by atoms with Crippen LogP contribution in [-0.4, -0.2) is 39.8 Å². The lowest BCUT2D eigenvalue weighted by Gasteiger charge is -2.12. The lowest BCUT2D eigenvalue weighted by atomic mass is 9.99. The Morgan fingerprint density at radius 1 is 1.00 bits per heavy atom. The van der Waals surface area contributed by atoms with E-state index in [4.69, 9.17) is 9.47 Å². The van der Waals surface area contributed by atoms with Crippen molar-refractivity contribution < 1.29 is 23.0 Å². The van der Waals surface area contributed by atoms with Gasteiger partial charge in [0.05, 0.1) is 30.4 Å². The molecular formula is C33H24F2N4O4. The van der Waals surface area contributed by atoms with Crippen molar-refractivity contribution in [3.63, 3.8) is 0 Å². The minimum atomic E-state index is -0.691. The average molecular weight is 579 g/mol. The first-order valence-corrected chi connectivity index (χ1v) is 13.3. The summed E-state index contributed by atoms with van der Waals surface area (Å²) < 4.78 is 41.6. The van der Waals surface area contributed by atoms with E-state index in [1.54, 1.807) is 42.0 Å². The quantitative estimate of drug-likeness (QED) is 0.217. The number of aliphatic imine (C=N–C) groups is 1. The first-order chi connectivity index (χ1) is 20.8. The molecule has 2 aromatic carbocycles. The number of aromatic nitrogens is 3. The Hall–Kier alpha value is -5.51. The summed E-state index contributed by atoms with van der Waals surface area (Å²) in [5, 5.41) is 0. The molecule has 0 N–H and O–H groups in total. The summed E-state index contributed by atoms with van der Waals surface area (Å²) >= 11 is 0. The molecule has 6 rings (SSSR count). The zero-order chi connectivity index (χ0) is 30.1. The van der Waals surface area contributed by atoms with Crippen LogP contribution in [0, 0.1) is 18.6 Å². The van der Waals surface area contributed by atoms with Crippen molar-refractivity contribution in [2.45, 2.75) is 13.3 Å². The molecule has 0 aliphatic carbocycles. The van der Waals surface area contributed by atoms with Gasteiger partial charge < -0.3 is 14.0 Å². The largest absolute Gasteiger partial charge is 0.495 e. The number of ketones is 1. The van der Waals surface area contributed by atoms with Gasteiger partial charge in [-0.25, -0.2) is 13.8 Å². The van der Waals surface area contributed by atoms with E-state index >= 15 is 4.39 Å². The van der Waals surface area contributed by atoms with Crippen molar-refractivity contribution in [3.8, 4) is 28.4 Å². The summed E-state index contributed by atoms with van der Waals surface area (Å²) in [7, 11) is 1.54. The zero-order valence-electron chi connectivity index (χ0n) is 23.2. The monoisotopic (exact) mass is 578 g/mol. The number of methoxy groups -OCH3 is 1. The number of hydrogen-bond donors (Lipinski definition) is 0. The highest BCUT2D eigenvalue weighted by molar-refractivity contribution is 6.01. The summed E-state index contributed by atoms with van der Waals surface area (Å²) in [5.74, 6) is -0.281. The second-order valence-corrected chi connectivity index (χ2v) is 9.85. The Balaban J connectivity index is 1.29. The van der Waals surface area contributed by atoms with Gasteiger partial charge in [-0.1, -0.05) is 24.3 Å². The second kappa shape index (κ2) is 11.4. The Morgan fingerprint density at radius 3 is 2.53 bits per heavy atom. The molecule has 0 fully saturated rings. The number of rotatable bonds is 7. The van der Waals surface area contributed by atoms with E-state index in [1.165, 1.54) is 55.9 Å². The lowest BCUT2D eigenvalue weighted by molar-refractivity contribution is 0.0991. The van der Waals surface area contributed by atoms with Crippen LogP contribution in [0.15, 0.2) is 95.1 Å². The van der Waals surface area contributed by atoms with Crippen LogP contribution in [0.25, 0.3) is 22.2 Å². The van der Waals surface area contributed by atoms with Gasteiger partial charge in [-0.15, -0.1) is 0 Å². The molecule has 1 aliphatic heterocycles. The fourth-order valence-electron chi connectivity index (χ4n) is 4.81. The van der Waals surface area contributed by atoms with E-state index in [0.717, 1.165) is 0 Å². The standard InChI is InChI=1S/C33H24F2N4O4/c1-19-30(42-2)16-26-32(38-19)29(11-13-36-26)43-28-10-5-20(14-25(28)35)15-27(40)24-18-39(31-4-3-12-37-31)17-23(33(24)41)21-6-8-22(34)9-7-21/h3-11,13-14,16-18H,12,15H2,1-2H3. The number of aryl methyl sites for hydroxylation is 1. The van der Waals surface area contributed by atoms with Gasteiger partial charge in [0.1, 0.15) is 22.9 Å². The number of benzene rings is 2. The molecule has 0 amide bonds. The van der Waals surface area contributed by atoms with E-state index in [2.05, 4.69) is 15.0 Å². The number of fused-ring (bicyclic) bond motifs is 1. The summed E-state index contributed by atoms with van der Waals surface area (Å²) in [4.78, 5) is 40.1. The third-order valence-corrected chi connectivity index (χ3v) is 6.99. The summed E-state index contributed by atoms with van der Waals surface area (Å²) in [6.45, 7) is 2.26. The number of hydrogen-bond acceptors (Lipinski definition) is 7. The SMILES string of the molecule is COc1cc2nccc(Oc3ccc(CC(=O)c4cn(C5=NCC=C5)cc(-c5ccc(F)cc5)c4=O)cc3F)c2nc1C. The van der Waals surface area contributed by atoms with Crippen LogP contribution in [0.3, 0.4) is 0 Å². The summed E-state index contributed by atoms with van der Waals surface area (Å²) in [6, 6.07) is 12.9. The minimum absolute atomic E-state index is 0.0642. The lowest BCUT2D eigenvalue weighted by Crippen LogP contribution is -2.23. The van der Waals surface area contributed by atoms with Crippen molar-refractivity contribution in [1.29, 1.82) is 0 Å².